The maximum Gasteiger partial charge on any atom is 0.173 e. The van der Waals surface area contributed by atoms with Gasteiger partial charge in [0.1, 0.15) is 5.75 Å². The Labute approximate surface area is 85.9 Å². The summed E-state index contributed by atoms with van der Waals surface area (Å²) in [4.78, 5) is 1.33. The molecule has 0 atom stereocenters. The summed E-state index contributed by atoms with van der Waals surface area (Å²) in [6.45, 7) is 1.76. The molecule has 0 aliphatic heterocycles. The lowest BCUT2D eigenvalue weighted by atomic mass is 10.2. The van der Waals surface area contributed by atoms with E-state index < -0.39 is 0 Å². The first-order valence-corrected chi connectivity index (χ1v) is 4.34. The summed E-state index contributed by atoms with van der Waals surface area (Å²) in [5.74, 6) is 0.843. The normalized spacial score (nSPS) is 11.0. The maximum atomic E-state index is 9.07. The van der Waals surface area contributed by atoms with Crippen LogP contribution in [0.3, 0.4) is 0 Å². The second-order valence-corrected chi connectivity index (χ2v) is 2.95. The Bertz CT molecular complexity index is 474. The van der Waals surface area contributed by atoms with Crippen molar-refractivity contribution in [1.82, 2.24) is 20.3 Å². The molecule has 76 valence electrons. The van der Waals surface area contributed by atoms with E-state index in [-0.39, 0.29) is 5.75 Å². The molecule has 0 amide bonds. The summed E-state index contributed by atoms with van der Waals surface area (Å²) in [5, 5.41) is 23.9. The van der Waals surface area contributed by atoms with Crippen LogP contribution in [0.15, 0.2) is 29.4 Å². The first-order valence-electron chi connectivity index (χ1n) is 4.34. The van der Waals surface area contributed by atoms with Gasteiger partial charge in [-0.05, 0) is 47.2 Å². The Hall–Kier alpha value is -2.24. The highest BCUT2D eigenvalue weighted by atomic mass is 16.3. The molecule has 0 saturated heterocycles. The monoisotopic (exact) mass is 203 g/mol. The standard InChI is InChI=1S/C9H9N5O/c1-7-11-12-13-14(7)10-6-8-2-4-9(15)5-3-8/h2-6,15H,1H3. The number of aromatic nitrogens is 4. The van der Waals surface area contributed by atoms with Gasteiger partial charge < -0.3 is 5.11 Å². The second kappa shape index (κ2) is 3.87. The van der Waals surface area contributed by atoms with Crippen molar-refractivity contribution in [2.45, 2.75) is 6.92 Å². The summed E-state index contributed by atoms with van der Waals surface area (Å²) in [6.07, 6.45) is 1.61. The zero-order valence-corrected chi connectivity index (χ0v) is 8.07. The molecule has 0 aliphatic carbocycles. The largest absolute Gasteiger partial charge is 0.508 e. The molecule has 1 aromatic carbocycles. The molecule has 2 aromatic rings. The fourth-order valence-corrected chi connectivity index (χ4v) is 1.02. The lowest BCUT2D eigenvalue weighted by Gasteiger charge is -1.93. The predicted molar refractivity (Wildman–Crippen MR) is 53.7 cm³/mol. The molecule has 1 aromatic heterocycles. The number of phenolic OH excluding ortho intramolecular Hbond substituents is 1. The molecule has 0 bridgehead atoms. The number of benzene rings is 1. The van der Waals surface area contributed by atoms with Crippen LogP contribution in [0.4, 0.5) is 0 Å². The molecule has 0 saturated carbocycles. The van der Waals surface area contributed by atoms with E-state index in [4.69, 9.17) is 5.11 Å². The number of aryl methyl sites for hydroxylation is 1. The van der Waals surface area contributed by atoms with Crippen LogP contribution in [0, 0.1) is 6.92 Å². The lowest BCUT2D eigenvalue weighted by Crippen LogP contribution is -1.95. The number of hydrogen-bond donors (Lipinski definition) is 1. The highest BCUT2D eigenvalue weighted by Crippen LogP contribution is 2.07. The van der Waals surface area contributed by atoms with Gasteiger partial charge in [0.2, 0.25) is 0 Å². The molecule has 6 heteroatoms. The van der Waals surface area contributed by atoms with E-state index in [1.54, 1.807) is 37.4 Å². The third kappa shape index (κ3) is 2.16. The van der Waals surface area contributed by atoms with E-state index in [2.05, 4.69) is 20.6 Å². The van der Waals surface area contributed by atoms with Crippen LogP contribution in [0.2, 0.25) is 0 Å². The lowest BCUT2D eigenvalue weighted by molar-refractivity contribution is 0.475. The molecular formula is C9H9N5O. The Morgan fingerprint density at radius 1 is 1.33 bits per heavy atom. The second-order valence-electron chi connectivity index (χ2n) is 2.95. The molecule has 1 N–H and O–H groups in total. The highest BCUT2D eigenvalue weighted by Gasteiger charge is 1.95. The molecule has 6 nitrogen and oxygen atoms in total. The molecular weight excluding hydrogens is 194 g/mol. The van der Waals surface area contributed by atoms with Gasteiger partial charge in [-0.15, -0.1) is 9.89 Å². The zero-order chi connectivity index (χ0) is 10.7. The van der Waals surface area contributed by atoms with Crippen molar-refractivity contribution in [3.05, 3.63) is 35.7 Å². The minimum Gasteiger partial charge on any atom is -0.508 e. The van der Waals surface area contributed by atoms with E-state index >= 15 is 0 Å². The first-order chi connectivity index (χ1) is 7.25. The minimum atomic E-state index is 0.228. The third-order valence-corrected chi connectivity index (χ3v) is 1.81. The average Bonchev–Trinajstić information content (AvgIpc) is 2.63. The summed E-state index contributed by atoms with van der Waals surface area (Å²) in [5.41, 5.74) is 0.864. The van der Waals surface area contributed by atoms with Gasteiger partial charge in [-0.25, -0.2) is 0 Å². The van der Waals surface area contributed by atoms with Crippen molar-refractivity contribution in [3.8, 4) is 5.75 Å². The van der Waals surface area contributed by atoms with Crippen molar-refractivity contribution in [2.24, 2.45) is 5.10 Å². The van der Waals surface area contributed by atoms with E-state index in [0.29, 0.717) is 5.82 Å². The summed E-state index contributed by atoms with van der Waals surface area (Å²) in [7, 11) is 0. The maximum absolute atomic E-state index is 9.07. The van der Waals surface area contributed by atoms with Gasteiger partial charge in [-0.3, -0.25) is 0 Å². The SMILES string of the molecule is Cc1nnnn1N=Cc1ccc(O)cc1. The van der Waals surface area contributed by atoms with E-state index in [9.17, 15) is 0 Å². The molecule has 0 fully saturated rings. The van der Waals surface area contributed by atoms with Crippen LogP contribution in [0.1, 0.15) is 11.4 Å². The first kappa shape index (κ1) is 9.32. The van der Waals surface area contributed by atoms with Gasteiger partial charge in [0, 0.05) is 0 Å². The van der Waals surface area contributed by atoms with Gasteiger partial charge in [0.15, 0.2) is 5.82 Å². The van der Waals surface area contributed by atoms with Gasteiger partial charge >= 0.3 is 0 Å². The number of hydrogen-bond acceptors (Lipinski definition) is 5. The van der Waals surface area contributed by atoms with E-state index in [1.807, 2.05) is 0 Å². The van der Waals surface area contributed by atoms with Crippen LogP contribution in [0.5, 0.6) is 5.75 Å². The van der Waals surface area contributed by atoms with Crippen molar-refractivity contribution in [1.29, 1.82) is 0 Å². The minimum absolute atomic E-state index is 0.228. The predicted octanol–water partition coefficient (Wildman–Crippen LogP) is 0.569. The molecule has 15 heavy (non-hydrogen) atoms. The quantitative estimate of drug-likeness (QED) is 0.724. The Morgan fingerprint density at radius 3 is 2.67 bits per heavy atom. The van der Waals surface area contributed by atoms with Gasteiger partial charge in [-0.2, -0.15) is 5.10 Å². The summed E-state index contributed by atoms with van der Waals surface area (Å²) >= 11 is 0. The summed E-state index contributed by atoms with van der Waals surface area (Å²) in [6, 6.07) is 6.68. The number of nitrogens with zero attached hydrogens (tertiary/aromatic N) is 5. The Kier molecular flexibility index (Phi) is 2.40. The van der Waals surface area contributed by atoms with Crippen molar-refractivity contribution in [2.75, 3.05) is 0 Å². The number of tetrazole rings is 1. The average molecular weight is 203 g/mol. The zero-order valence-electron chi connectivity index (χ0n) is 8.07. The van der Waals surface area contributed by atoms with Crippen molar-refractivity contribution >= 4 is 6.21 Å². The van der Waals surface area contributed by atoms with Crippen LogP contribution >= 0.6 is 0 Å². The van der Waals surface area contributed by atoms with Crippen molar-refractivity contribution in [3.63, 3.8) is 0 Å². The number of phenols is 1. The fourth-order valence-electron chi connectivity index (χ4n) is 1.02. The van der Waals surface area contributed by atoms with Gasteiger partial charge in [0.25, 0.3) is 0 Å². The summed E-state index contributed by atoms with van der Waals surface area (Å²) < 4.78 is 0. The van der Waals surface area contributed by atoms with Crippen LogP contribution in [-0.2, 0) is 0 Å². The topological polar surface area (TPSA) is 76.2 Å². The van der Waals surface area contributed by atoms with Crippen LogP contribution < -0.4 is 0 Å². The highest BCUT2D eigenvalue weighted by molar-refractivity contribution is 5.79. The van der Waals surface area contributed by atoms with Crippen molar-refractivity contribution < 1.29 is 5.11 Å². The van der Waals surface area contributed by atoms with Gasteiger partial charge in [0.05, 0.1) is 6.21 Å². The number of aromatic hydroxyl groups is 1. The third-order valence-electron chi connectivity index (χ3n) is 1.81. The Morgan fingerprint density at radius 2 is 2.07 bits per heavy atom. The molecule has 1 heterocycles. The number of rotatable bonds is 2. The van der Waals surface area contributed by atoms with E-state index in [1.165, 1.54) is 4.79 Å². The molecule has 0 unspecified atom stereocenters. The smallest absolute Gasteiger partial charge is 0.173 e. The fraction of sp³-hybridized carbons (Fsp3) is 0.111. The molecule has 0 aliphatic rings. The van der Waals surface area contributed by atoms with Gasteiger partial charge in [-0.1, -0.05) is 0 Å². The van der Waals surface area contributed by atoms with Crippen LogP contribution in [-0.4, -0.2) is 31.6 Å². The molecule has 2 rings (SSSR count). The molecule has 0 spiro atoms. The van der Waals surface area contributed by atoms with E-state index in [0.717, 1.165) is 5.56 Å². The Balaban J connectivity index is 2.19. The van der Waals surface area contributed by atoms with Crippen LogP contribution in [0.25, 0.3) is 0 Å². The molecule has 0 radical (unpaired) electrons.